The van der Waals surface area contributed by atoms with Crippen LogP contribution in [0, 0.1) is 17.8 Å². The van der Waals surface area contributed by atoms with Crippen molar-refractivity contribution in [2.24, 2.45) is 17.8 Å². The summed E-state index contributed by atoms with van der Waals surface area (Å²) < 4.78 is 0. The van der Waals surface area contributed by atoms with E-state index >= 15 is 0 Å². The fourth-order valence-electron chi connectivity index (χ4n) is 5.59. The minimum absolute atomic E-state index is 0.0318. The highest BCUT2D eigenvalue weighted by molar-refractivity contribution is 7.09. The molecule has 2 aromatic rings. The van der Waals surface area contributed by atoms with Crippen LogP contribution in [-0.4, -0.2) is 56.2 Å². The summed E-state index contributed by atoms with van der Waals surface area (Å²) in [5.41, 5.74) is -0.668. The maximum absolute atomic E-state index is 14.1. The maximum Gasteiger partial charge on any atom is 0.330 e. The number of carbonyl (C=O) groups excluding carboxylic acids is 3. The van der Waals surface area contributed by atoms with Gasteiger partial charge >= 0.3 is 5.97 Å². The van der Waals surface area contributed by atoms with Gasteiger partial charge in [0.05, 0.1) is 17.9 Å². The standard InChI is InChI=1S/C26H31N3O5S/c1-14(2)13-26(24(33)34)18-17(22(31)28(6)23(18)32)19(20-27-11-12-35-20)29(26)21(30)15-7-9-16(10-8-15)25(3,4)5/h7-12,14,17-19H,13H2,1-6H3,(H,33,34)/t17-,18?,19+,26-/m0/s1. The van der Waals surface area contributed by atoms with Crippen molar-refractivity contribution in [1.29, 1.82) is 0 Å². The average Bonchev–Trinajstić information content (AvgIpc) is 3.46. The molecule has 4 atom stereocenters. The first-order valence-electron chi connectivity index (χ1n) is 11.7. The lowest BCUT2D eigenvalue weighted by Gasteiger charge is -2.41. The normalized spacial score (nSPS) is 26.5. The molecule has 9 heteroatoms. The zero-order valence-corrected chi connectivity index (χ0v) is 21.6. The Hall–Kier alpha value is -3.07. The number of rotatable bonds is 5. The van der Waals surface area contributed by atoms with E-state index in [1.807, 2.05) is 26.0 Å². The molecular weight excluding hydrogens is 466 g/mol. The van der Waals surface area contributed by atoms with Gasteiger partial charge in [-0.2, -0.15) is 0 Å². The summed E-state index contributed by atoms with van der Waals surface area (Å²) in [5.74, 6) is -5.20. The molecule has 4 rings (SSSR count). The van der Waals surface area contributed by atoms with Crippen molar-refractivity contribution in [2.75, 3.05) is 7.05 Å². The van der Waals surface area contributed by atoms with Crippen LogP contribution in [-0.2, 0) is 19.8 Å². The van der Waals surface area contributed by atoms with E-state index in [1.165, 1.54) is 23.3 Å². The van der Waals surface area contributed by atoms with Crippen molar-refractivity contribution in [1.82, 2.24) is 14.8 Å². The fraction of sp³-hybridized carbons (Fsp3) is 0.500. The Morgan fingerprint density at radius 1 is 1.14 bits per heavy atom. The van der Waals surface area contributed by atoms with E-state index in [4.69, 9.17) is 0 Å². The largest absolute Gasteiger partial charge is 0.479 e. The highest BCUT2D eigenvalue weighted by Crippen LogP contribution is 2.57. The smallest absolute Gasteiger partial charge is 0.330 e. The molecule has 8 nitrogen and oxygen atoms in total. The molecule has 3 heterocycles. The van der Waals surface area contributed by atoms with Gasteiger partial charge < -0.3 is 10.0 Å². The number of nitrogens with zero attached hydrogens (tertiary/aromatic N) is 3. The van der Waals surface area contributed by atoms with Gasteiger partial charge in [-0.15, -0.1) is 11.3 Å². The Labute approximate surface area is 209 Å². The SMILES string of the molecule is CC(C)C[C@@]1(C(=O)O)C2C(=O)N(C)C(=O)[C@@H]2[C@H](c2nccs2)N1C(=O)c1ccc(C(C)(C)C)cc1. The summed E-state index contributed by atoms with van der Waals surface area (Å²) in [6.07, 6.45) is 1.59. The van der Waals surface area contributed by atoms with Crippen molar-refractivity contribution in [3.05, 3.63) is 52.0 Å². The van der Waals surface area contributed by atoms with Crippen molar-refractivity contribution in [2.45, 2.75) is 58.0 Å². The minimum atomic E-state index is -1.88. The molecule has 1 N–H and O–H groups in total. The maximum atomic E-state index is 14.1. The van der Waals surface area contributed by atoms with Crippen molar-refractivity contribution >= 4 is 35.0 Å². The van der Waals surface area contributed by atoms with Crippen molar-refractivity contribution < 1.29 is 24.3 Å². The van der Waals surface area contributed by atoms with Crippen LogP contribution in [0.4, 0.5) is 0 Å². The van der Waals surface area contributed by atoms with Gasteiger partial charge in [-0.25, -0.2) is 9.78 Å². The second-order valence-electron chi connectivity index (χ2n) is 10.9. The molecule has 1 aromatic carbocycles. The molecule has 186 valence electrons. The number of carboxylic acids is 1. The van der Waals surface area contributed by atoms with Gasteiger partial charge in [0.2, 0.25) is 11.8 Å². The molecule has 2 aliphatic rings. The van der Waals surface area contributed by atoms with Crippen LogP contribution >= 0.6 is 11.3 Å². The van der Waals surface area contributed by atoms with E-state index < -0.39 is 47.1 Å². The summed E-state index contributed by atoms with van der Waals surface area (Å²) in [6.45, 7) is 9.89. The quantitative estimate of drug-likeness (QED) is 0.631. The number of likely N-dealkylation sites (tertiary alicyclic amines) is 2. The molecular formula is C26H31N3O5S. The lowest BCUT2D eigenvalue weighted by atomic mass is 9.75. The Morgan fingerprint density at radius 3 is 2.26 bits per heavy atom. The number of aromatic nitrogens is 1. The number of amides is 3. The van der Waals surface area contributed by atoms with Crippen LogP contribution < -0.4 is 0 Å². The van der Waals surface area contributed by atoms with Crippen LogP contribution in [0.25, 0.3) is 0 Å². The molecule has 3 amide bonds. The highest BCUT2D eigenvalue weighted by atomic mass is 32.1. The van der Waals surface area contributed by atoms with E-state index in [1.54, 1.807) is 23.7 Å². The molecule has 0 bridgehead atoms. The Kier molecular flexibility index (Phi) is 6.12. The molecule has 0 aliphatic carbocycles. The van der Waals surface area contributed by atoms with E-state index in [0.717, 1.165) is 10.5 Å². The number of carbonyl (C=O) groups is 4. The van der Waals surface area contributed by atoms with Crippen LogP contribution in [0.15, 0.2) is 35.8 Å². The lowest BCUT2D eigenvalue weighted by Crippen LogP contribution is -2.59. The summed E-state index contributed by atoms with van der Waals surface area (Å²) in [6, 6.07) is 6.14. The van der Waals surface area contributed by atoms with Gasteiger partial charge in [0.25, 0.3) is 5.91 Å². The molecule has 2 saturated heterocycles. The number of hydrogen-bond donors (Lipinski definition) is 1. The molecule has 35 heavy (non-hydrogen) atoms. The van der Waals surface area contributed by atoms with E-state index in [2.05, 4.69) is 25.8 Å². The van der Waals surface area contributed by atoms with E-state index in [0.29, 0.717) is 10.6 Å². The molecule has 0 radical (unpaired) electrons. The number of thiazole rings is 1. The van der Waals surface area contributed by atoms with Gasteiger partial charge in [0.15, 0.2) is 5.54 Å². The number of fused-ring (bicyclic) bond motifs is 1. The topological polar surface area (TPSA) is 108 Å². The first kappa shape index (κ1) is 25.0. The van der Waals surface area contributed by atoms with Gasteiger partial charge in [0, 0.05) is 24.2 Å². The van der Waals surface area contributed by atoms with Gasteiger partial charge in [-0.3, -0.25) is 19.3 Å². The number of hydrogen-bond acceptors (Lipinski definition) is 6. The molecule has 1 unspecified atom stereocenters. The second-order valence-corrected chi connectivity index (χ2v) is 11.8. The van der Waals surface area contributed by atoms with Crippen LogP contribution in [0.1, 0.15) is 68.0 Å². The lowest BCUT2D eigenvalue weighted by molar-refractivity contribution is -0.157. The van der Waals surface area contributed by atoms with E-state index in [9.17, 15) is 24.3 Å². The van der Waals surface area contributed by atoms with Crippen LogP contribution in [0.2, 0.25) is 0 Å². The Morgan fingerprint density at radius 2 is 1.77 bits per heavy atom. The van der Waals surface area contributed by atoms with Gasteiger partial charge in [0.1, 0.15) is 5.01 Å². The van der Waals surface area contributed by atoms with Crippen molar-refractivity contribution in [3.63, 3.8) is 0 Å². The molecule has 0 saturated carbocycles. The Balaban J connectivity index is 1.95. The number of imide groups is 1. The predicted octanol–water partition coefficient (Wildman–Crippen LogP) is 3.74. The average molecular weight is 498 g/mol. The van der Waals surface area contributed by atoms with Crippen molar-refractivity contribution in [3.8, 4) is 0 Å². The molecule has 2 aliphatic heterocycles. The number of carboxylic acid groups (broad SMARTS) is 1. The molecule has 1 aromatic heterocycles. The van der Waals surface area contributed by atoms with Gasteiger partial charge in [-0.1, -0.05) is 46.8 Å². The minimum Gasteiger partial charge on any atom is -0.479 e. The van der Waals surface area contributed by atoms with E-state index in [-0.39, 0.29) is 17.8 Å². The third-order valence-corrected chi connectivity index (χ3v) is 7.99. The zero-order valence-electron chi connectivity index (χ0n) is 20.8. The second kappa shape index (κ2) is 8.55. The van der Waals surface area contributed by atoms with Gasteiger partial charge in [-0.05, 0) is 35.4 Å². The number of aliphatic carboxylic acids is 1. The zero-order chi connectivity index (χ0) is 25.9. The first-order valence-corrected chi connectivity index (χ1v) is 12.6. The third kappa shape index (κ3) is 3.76. The number of benzene rings is 1. The molecule has 0 spiro atoms. The monoisotopic (exact) mass is 497 g/mol. The van der Waals surface area contributed by atoms with Crippen LogP contribution in [0.5, 0.6) is 0 Å². The first-order chi connectivity index (χ1) is 16.3. The third-order valence-electron chi connectivity index (χ3n) is 7.15. The van der Waals surface area contributed by atoms with Crippen LogP contribution in [0.3, 0.4) is 0 Å². The Bertz CT molecular complexity index is 1170. The predicted molar refractivity (Wildman–Crippen MR) is 131 cm³/mol. The summed E-state index contributed by atoms with van der Waals surface area (Å²) in [5, 5.41) is 12.9. The summed E-state index contributed by atoms with van der Waals surface area (Å²) in [4.78, 5) is 60.6. The molecule has 2 fully saturated rings. The fourth-order valence-corrected chi connectivity index (χ4v) is 6.36. The summed E-state index contributed by atoms with van der Waals surface area (Å²) in [7, 11) is 1.38. The highest BCUT2D eigenvalue weighted by Gasteiger charge is 2.73. The summed E-state index contributed by atoms with van der Waals surface area (Å²) >= 11 is 1.25.